The maximum Gasteiger partial charge on any atom is 0.329 e. The molecule has 0 unspecified atom stereocenters. The molecule has 2 aromatic carbocycles. The van der Waals surface area contributed by atoms with Crippen LogP contribution in [0.2, 0.25) is 0 Å². The van der Waals surface area contributed by atoms with Gasteiger partial charge in [0, 0.05) is 26.7 Å². The normalized spacial score (nSPS) is 16.8. The number of nitrogens with zero attached hydrogens (tertiary/aromatic N) is 3. The number of amides is 4. The number of fused-ring (bicyclic) bond motifs is 1. The van der Waals surface area contributed by atoms with Crippen LogP contribution in [0.3, 0.4) is 0 Å². The molecular weight excluding hydrogens is 282 g/mol. The summed E-state index contributed by atoms with van der Waals surface area (Å²) in [6.07, 6.45) is -0.651. The first kappa shape index (κ1) is 14.2. The monoisotopic (exact) mass is 299 g/mol. The van der Waals surface area contributed by atoms with E-state index in [1.807, 2.05) is 30.3 Å². The fourth-order valence-electron chi connectivity index (χ4n) is 2.97. The summed E-state index contributed by atoms with van der Waals surface area (Å²) in [6.45, 7) is 0. The first-order valence-electron chi connectivity index (χ1n) is 6.91. The lowest BCUT2D eigenvalue weighted by molar-refractivity contribution is 0.0599. The van der Waals surface area contributed by atoms with E-state index in [0.717, 1.165) is 15.7 Å². The quantitative estimate of drug-likeness (QED) is 0.880. The highest BCUT2D eigenvalue weighted by atomic mass is 16.3. The molecule has 0 bridgehead atoms. The number of rotatable bonds is 1. The van der Waals surface area contributed by atoms with Crippen molar-refractivity contribution in [3.8, 4) is 5.75 Å². The zero-order valence-electron chi connectivity index (χ0n) is 12.6. The lowest BCUT2D eigenvalue weighted by Gasteiger charge is -2.43. The van der Waals surface area contributed by atoms with Gasteiger partial charge in [-0.05, 0) is 16.8 Å². The van der Waals surface area contributed by atoms with E-state index in [4.69, 9.17) is 0 Å². The number of phenols is 1. The molecule has 1 heterocycles. The summed E-state index contributed by atoms with van der Waals surface area (Å²) >= 11 is 0. The summed E-state index contributed by atoms with van der Waals surface area (Å²) in [7, 11) is 4.68. The van der Waals surface area contributed by atoms with E-state index in [0.29, 0.717) is 5.56 Å². The molecule has 0 aliphatic carbocycles. The third-order valence-corrected chi connectivity index (χ3v) is 4.12. The molecule has 6 heteroatoms. The maximum absolute atomic E-state index is 12.2. The third kappa shape index (κ3) is 1.88. The number of benzene rings is 2. The fraction of sp³-hybridized carbons (Fsp3) is 0.250. The van der Waals surface area contributed by atoms with Gasteiger partial charge in [-0.3, -0.25) is 0 Å². The maximum atomic E-state index is 12.2. The summed E-state index contributed by atoms with van der Waals surface area (Å²) in [4.78, 5) is 28.4. The Morgan fingerprint density at radius 2 is 1.50 bits per heavy atom. The predicted octanol–water partition coefficient (Wildman–Crippen LogP) is 2.59. The number of imide groups is 1. The minimum Gasteiger partial charge on any atom is -0.507 e. The molecule has 1 aliphatic heterocycles. The van der Waals surface area contributed by atoms with Crippen molar-refractivity contribution in [1.82, 2.24) is 14.7 Å². The van der Waals surface area contributed by atoms with Crippen LogP contribution in [0.4, 0.5) is 9.59 Å². The Morgan fingerprint density at radius 1 is 0.909 bits per heavy atom. The zero-order valence-corrected chi connectivity index (χ0v) is 12.6. The van der Waals surface area contributed by atoms with Crippen molar-refractivity contribution in [2.75, 3.05) is 21.1 Å². The van der Waals surface area contributed by atoms with Crippen molar-refractivity contribution < 1.29 is 14.7 Å². The van der Waals surface area contributed by atoms with E-state index in [2.05, 4.69) is 0 Å². The number of hydrogen-bond donors (Lipinski definition) is 1. The van der Waals surface area contributed by atoms with Crippen LogP contribution < -0.4 is 0 Å². The van der Waals surface area contributed by atoms with Gasteiger partial charge in [0.05, 0.1) is 0 Å². The number of carbonyl (C=O) groups is 2. The highest BCUT2D eigenvalue weighted by molar-refractivity contribution is 5.97. The molecule has 1 aliphatic rings. The lowest BCUT2D eigenvalue weighted by Crippen LogP contribution is -2.58. The molecule has 1 fully saturated rings. The Bertz CT molecular complexity index is 752. The molecule has 0 spiro atoms. The Labute approximate surface area is 128 Å². The molecule has 2 aromatic rings. The van der Waals surface area contributed by atoms with Crippen LogP contribution in [0.25, 0.3) is 10.8 Å². The number of urea groups is 2. The van der Waals surface area contributed by atoms with Gasteiger partial charge in [-0.25, -0.2) is 14.5 Å². The van der Waals surface area contributed by atoms with Crippen LogP contribution in [-0.4, -0.2) is 53.0 Å². The van der Waals surface area contributed by atoms with Crippen LogP contribution >= 0.6 is 0 Å². The second-order valence-electron chi connectivity index (χ2n) is 5.44. The summed E-state index contributed by atoms with van der Waals surface area (Å²) in [5.74, 6) is 0.0625. The van der Waals surface area contributed by atoms with E-state index < -0.39 is 18.2 Å². The average molecular weight is 299 g/mol. The predicted molar refractivity (Wildman–Crippen MR) is 82.4 cm³/mol. The largest absolute Gasteiger partial charge is 0.507 e. The van der Waals surface area contributed by atoms with E-state index in [9.17, 15) is 14.7 Å². The van der Waals surface area contributed by atoms with Gasteiger partial charge in [-0.2, -0.15) is 0 Å². The number of phenolic OH excluding ortho intramolecular Hbond substituents is 1. The van der Waals surface area contributed by atoms with E-state index in [1.165, 1.54) is 16.8 Å². The van der Waals surface area contributed by atoms with Crippen LogP contribution in [0.5, 0.6) is 5.75 Å². The van der Waals surface area contributed by atoms with E-state index in [1.54, 1.807) is 20.2 Å². The highest BCUT2D eigenvalue weighted by Gasteiger charge is 2.40. The average Bonchev–Trinajstić information content (AvgIpc) is 2.53. The number of carbonyl (C=O) groups excluding carboxylic acids is 2. The Kier molecular flexibility index (Phi) is 3.16. The van der Waals surface area contributed by atoms with Gasteiger partial charge >= 0.3 is 12.1 Å². The second kappa shape index (κ2) is 4.91. The number of hydrogen-bond acceptors (Lipinski definition) is 3. The Morgan fingerprint density at radius 3 is 2.14 bits per heavy atom. The number of aromatic hydroxyl groups is 1. The second-order valence-corrected chi connectivity index (χ2v) is 5.44. The van der Waals surface area contributed by atoms with Crippen LogP contribution in [0.15, 0.2) is 36.4 Å². The molecule has 22 heavy (non-hydrogen) atoms. The van der Waals surface area contributed by atoms with Gasteiger partial charge in [0.15, 0.2) is 0 Å². The molecule has 0 radical (unpaired) electrons. The zero-order chi connectivity index (χ0) is 16.0. The van der Waals surface area contributed by atoms with Crippen molar-refractivity contribution >= 4 is 22.8 Å². The van der Waals surface area contributed by atoms with Gasteiger partial charge in [0.25, 0.3) is 0 Å². The molecular formula is C16H17N3O3. The first-order chi connectivity index (χ1) is 10.4. The van der Waals surface area contributed by atoms with Crippen molar-refractivity contribution in [3.63, 3.8) is 0 Å². The van der Waals surface area contributed by atoms with Crippen molar-refractivity contribution in [2.45, 2.75) is 6.17 Å². The van der Waals surface area contributed by atoms with Crippen LogP contribution in [0, 0.1) is 0 Å². The molecule has 114 valence electrons. The van der Waals surface area contributed by atoms with Crippen molar-refractivity contribution in [2.24, 2.45) is 0 Å². The van der Waals surface area contributed by atoms with Crippen LogP contribution in [0.1, 0.15) is 11.7 Å². The lowest BCUT2D eigenvalue weighted by atomic mass is 9.99. The molecule has 1 N–H and O–H groups in total. The van der Waals surface area contributed by atoms with Gasteiger partial charge in [-0.15, -0.1) is 0 Å². The molecule has 3 rings (SSSR count). The van der Waals surface area contributed by atoms with E-state index >= 15 is 0 Å². The summed E-state index contributed by atoms with van der Waals surface area (Å²) in [5.41, 5.74) is 0.554. The molecule has 0 atom stereocenters. The minimum atomic E-state index is -0.651. The molecule has 0 aromatic heterocycles. The fourth-order valence-corrected chi connectivity index (χ4v) is 2.97. The first-order valence-corrected chi connectivity index (χ1v) is 6.91. The Hall–Kier alpha value is -2.76. The molecule has 6 nitrogen and oxygen atoms in total. The van der Waals surface area contributed by atoms with Gasteiger partial charge in [0.1, 0.15) is 11.9 Å². The third-order valence-electron chi connectivity index (χ3n) is 4.12. The van der Waals surface area contributed by atoms with Crippen molar-refractivity contribution in [1.29, 1.82) is 0 Å². The summed E-state index contributed by atoms with van der Waals surface area (Å²) < 4.78 is 0. The molecule has 4 amide bonds. The standard InChI is InChI=1S/C16H17N3O3/c1-17-14(18(2)16(22)19(3)15(17)21)13-11-7-5-4-6-10(11)8-9-12(13)20/h4-9,14,20H,1-3H3. The minimum absolute atomic E-state index is 0.0625. The summed E-state index contributed by atoms with van der Waals surface area (Å²) in [6, 6.07) is 10.2. The highest BCUT2D eigenvalue weighted by Crippen LogP contribution is 2.38. The SMILES string of the molecule is CN1C(=O)N(C)C(c2c(O)ccc3ccccc23)N(C)C1=O. The van der Waals surface area contributed by atoms with Gasteiger partial charge < -0.3 is 14.9 Å². The topological polar surface area (TPSA) is 64.1 Å². The smallest absolute Gasteiger partial charge is 0.329 e. The summed E-state index contributed by atoms with van der Waals surface area (Å²) in [5, 5.41) is 12.1. The molecule has 0 saturated carbocycles. The van der Waals surface area contributed by atoms with Crippen LogP contribution in [-0.2, 0) is 0 Å². The van der Waals surface area contributed by atoms with Gasteiger partial charge in [0.2, 0.25) is 0 Å². The van der Waals surface area contributed by atoms with Gasteiger partial charge in [-0.1, -0.05) is 30.3 Å². The van der Waals surface area contributed by atoms with Crippen molar-refractivity contribution in [3.05, 3.63) is 42.0 Å². The Balaban J connectivity index is 2.24. The molecule has 1 saturated heterocycles. The van der Waals surface area contributed by atoms with E-state index in [-0.39, 0.29) is 5.75 Å².